The molecule has 3 amide bonds. The molecule has 212 valence electrons. The highest BCUT2D eigenvalue weighted by Crippen LogP contribution is 2.30. The quantitative estimate of drug-likeness (QED) is 0.252. The third-order valence-corrected chi connectivity index (χ3v) is 6.18. The summed E-state index contributed by atoms with van der Waals surface area (Å²) >= 11 is 0. The molecule has 1 heterocycles. The van der Waals surface area contributed by atoms with Crippen LogP contribution in [0.15, 0.2) is 79.1 Å². The van der Waals surface area contributed by atoms with Gasteiger partial charge in [-0.15, -0.1) is 0 Å². The number of carbonyl (C=O) groups excluding carboxylic acids is 2. The zero-order valence-electron chi connectivity index (χ0n) is 22.5. The minimum absolute atomic E-state index is 0.143. The van der Waals surface area contributed by atoms with Crippen LogP contribution in [0.25, 0.3) is 0 Å². The van der Waals surface area contributed by atoms with Gasteiger partial charge in [0, 0.05) is 23.5 Å². The van der Waals surface area contributed by atoms with Gasteiger partial charge in [-0.2, -0.15) is 13.2 Å². The molecule has 9 nitrogen and oxygen atoms in total. The molecule has 0 fully saturated rings. The van der Waals surface area contributed by atoms with Crippen molar-refractivity contribution in [1.29, 1.82) is 0 Å². The van der Waals surface area contributed by atoms with Crippen molar-refractivity contribution < 1.29 is 32.5 Å². The molecule has 0 bridgehead atoms. The van der Waals surface area contributed by atoms with Crippen molar-refractivity contribution in [3.05, 3.63) is 101 Å². The summed E-state index contributed by atoms with van der Waals surface area (Å²) in [4.78, 5) is 34.2. The maximum absolute atomic E-state index is 13.1. The number of alkyl halides is 3. The van der Waals surface area contributed by atoms with E-state index in [1.807, 2.05) is 24.3 Å². The van der Waals surface area contributed by atoms with Crippen molar-refractivity contribution in [2.45, 2.75) is 19.6 Å². The first kappa shape index (κ1) is 28.9. The first-order chi connectivity index (χ1) is 19.5. The van der Waals surface area contributed by atoms with Gasteiger partial charge in [-0.05, 0) is 60.5 Å². The molecule has 4 rings (SSSR count). The fourth-order valence-corrected chi connectivity index (χ4v) is 3.79. The molecule has 0 unspecified atom stereocenters. The minimum atomic E-state index is -4.57. The highest BCUT2D eigenvalue weighted by molar-refractivity contribution is 6.05. The lowest BCUT2D eigenvalue weighted by atomic mass is 10.1. The Kier molecular flexibility index (Phi) is 8.71. The zero-order chi connectivity index (χ0) is 29.6. The van der Waals surface area contributed by atoms with E-state index in [4.69, 9.17) is 4.74 Å². The van der Waals surface area contributed by atoms with Crippen LogP contribution in [0.1, 0.15) is 27.0 Å². The molecule has 41 heavy (non-hydrogen) atoms. The molecule has 0 aliphatic heterocycles. The van der Waals surface area contributed by atoms with Crippen LogP contribution in [-0.4, -0.2) is 31.1 Å². The topological polar surface area (TPSA) is 110 Å². The summed E-state index contributed by atoms with van der Waals surface area (Å²) in [7, 11) is 3.18. The molecule has 3 aromatic carbocycles. The number of aryl methyl sites for hydroxylation is 1. The van der Waals surface area contributed by atoms with Gasteiger partial charge in [0.25, 0.3) is 5.91 Å². The fourth-order valence-electron chi connectivity index (χ4n) is 3.79. The van der Waals surface area contributed by atoms with E-state index in [0.29, 0.717) is 35.1 Å². The van der Waals surface area contributed by atoms with Gasteiger partial charge in [-0.1, -0.05) is 29.2 Å². The summed E-state index contributed by atoms with van der Waals surface area (Å²) in [5.41, 5.74) is 1.38. The van der Waals surface area contributed by atoms with Crippen molar-refractivity contribution in [2.75, 3.05) is 35.0 Å². The third kappa shape index (κ3) is 7.50. The number of benzene rings is 3. The van der Waals surface area contributed by atoms with Crippen LogP contribution in [0.4, 0.5) is 41.0 Å². The van der Waals surface area contributed by atoms with Gasteiger partial charge < -0.3 is 15.4 Å². The number of ether oxygens (including phenoxy) is 1. The average Bonchev–Trinajstić information content (AvgIpc) is 2.97. The Morgan fingerprint density at radius 3 is 2.46 bits per heavy atom. The number of amides is 3. The number of carbonyl (C=O) groups is 2. The number of aromatic amines is 1. The van der Waals surface area contributed by atoms with Crippen LogP contribution in [0.3, 0.4) is 0 Å². The summed E-state index contributed by atoms with van der Waals surface area (Å²) in [6.45, 7) is 2.28. The number of nitrogens with zero attached hydrogens (tertiary/aromatic N) is 2. The SMILES string of the molecule is COc1ccc(CNc2cc(N(C)C(=O)Nc3cc(NC(=O)c4cccc(C(F)(F)F)c4)ccc3C)[nH+]cn2)cc1. The van der Waals surface area contributed by atoms with Crippen LogP contribution < -0.4 is 30.6 Å². The largest absolute Gasteiger partial charge is 0.497 e. The van der Waals surface area contributed by atoms with E-state index in [9.17, 15) is 22.8 Å². The van der Waals surface area contributed by atoms with E-state index in [-0.39, 0.29) is 5.56 Å². The number of methoxy groups -OCH3 is 1. The molecule has 12 heteroatoms. The summed E-state index contributed by atoms with van der Waals surface area (Å²) in [6.07, 6.45) is -3.10. The number of nitrogens with one attached hydrogen (secondary N) is 4. The number of urea groups is 1. The van der Waals surface area contributed by atoms with Crippen molar-refractivity contribution in [3.8, 4) is 5.75 Å². The maximum atomic E-state index is 13.1. The molecule has 4 aromatic rings. The second-order valence-electron chi connectivity index (χ2n) is 9.07. The van der Waals surface area contributed by atoms with E-state index in [2.05, 4.69) is 25.9 Å². The van der Waals surface area contributed by atoms with Crippen LogP contribution in [-0.2, 0) is 12.7 Å². The van der Waals surface area contributed by atoms with Gasteiger partial charge >= 0.3 is 12.2 Å². The smallest absolute Gasteiger partial charge is 0.416 e. The lowest BCUT2D eigenvalue weighted by Crippen LogP contribution is -2.35. The zero-order valence-corrected chi connectivity index (χ0v) is 22.5. The molecule has 0 saturated heterocycles. The number of rotatable bonds is 8. The maximum Gasteiger partial charge on any atom is 0.416 e. The van der Waals surface area contributed by atoms with Gasteiger partial charge in [0.05, 0.1) is 25.8 Å². The number of hydrogen-bond acceptors (Lipinski definition) is 5. The average molecular weight is 566 g/mol. The van der Waals surface area contributed by atoms with Gasteiger partial charge in [0.1, 0.15) is 5.75 Å². The van der Waals surface area contributed by atoms with E-state index in [1.54, 1.807) is 39.3 Å². The highest BCUT2D eigenvalue weighted by atomic mass is 19.4. The number of halogens is 3. The van der Waals surface area contributed by atoms with Gasteiger partial charge in [0.15, 0.2) is 0 Å². The Hall–Kier alpha value is -5.13. The van der Waals surface area contributed by atoms with E-state index in [1.165, 1.54) is 29.4 Å². The molecule has 0 aliphatic rings. The molecule has 1 aromatic heterocycles. The Bertz CT molecular complexity index is 1540. The second-order valence-corrected chi connectivity index (χ2v) is 9.07. The molecular weight excluding hydrogens is 537 g/mol. The summed E-state index contributed by atoms with van der Waals surface area (Å²) < 4.78 is 44.3. The van der Waals surface area contributed by atoms with Crippen molar-refractivity contribution in [3.63, 3.8) is 0 Å². The summed E-state index contributed by atoms with van der Waals surface area (Å²) in [5, 5.41) is 8.58. The number of anilines is 4. The van der Waals surface area contributed by atoms with Gasteiger partial charge in [-0.25, -0.2) is 14.7 Å². The van der Waals surface area contributed by atoms with Crippen molar-refractivity contribution in [1.82, 2.24) is 4.98 Å². The van der Waals surface area contributed by atoms with Crippen LogP contribution in [0.2, 0.25) is 0 Å². The van der Waals surface area contributed by atoms with E-state index >= 15 is 0 Å². The standard InChI is InChI=1S/C29H27F3N6O3/c1-18-7-10-22(36-27(39)20-5-4-6-21(13-20)29(30,31)32)14-24(18)37-28(40)38(2)26-15-25(34-17-35-26)33-16-19-8-11-23(41-3)12-9-19/h4-15,17H,16H2,1-3H3,(H,36,39)(H,37,40)(H,33,34,35)/p+1. The van der Waals surface area contributed by atoms with E-state index in [0.717, 1.165) is 23.4 Å². The number of hydrogen-bond donors (Lipinski definition) is 3. The molecular formula is C29H28F3N6O3+. The van der Waals surface area contributed by atoms with Crippen molar-refractivity contribution >= 4 is 34.9 Å². The fraction of sp³-hybridized carbons (Fsp3) is 0.172. The Morgan fingerprint density at radius 1 is 1.00 bits per heavy atom. The summed E-state index contributed by atoms with van der Waals surface area (Å²) in [5.74, 6) is 1.05. The third-order valence-electron chi connectivity index (χ3n) is 6.18. The summed E-state index contributed by atoms with van der Waals surface area (Å²) in [6, 6.07) is 17.7. The Morgan fingerprint density at radius 2 is 1.76 bits per heavy atom. The van der Waals surface area contributed by atoms with Crippen LogP contribution in [0, 0.1) is 6.92 Å². The molecule has 4 N–H and O–H groups in total. The molecule has 0 radical (unpaired) electrons. The molecule has 0 saturated carbocycles. The monoisotopic (exact) mass is 565 g/mol. The van der Waals surface area contributed by atoms with E-state index < -0.39 is 23.7 Å². The Labute approximate surface area is 234 Å². The molecule has 0 atom stereocenters. The first-order valence-electron chi connectivity index (χ1n) is 12.4. The van der Waals surface area contributed by atoms with Crippen LogP contribution >= 0.6 is 0 Å². The number of H-pyrrole nitrogens is 1. The molecule has 0 aliphatic carbocycles. The normalized spacial score (nSPS) is 11.0. The number of aromatic nitrogens is 2. The van der Waals surface area contributed by atoms with Gasteiger partial charge in [0.2, 0.25) is 18.0 Å². The molecule has 0 spiro atoms. The van der Waals surface area contributed by atoms with Gasteiger partial charge in [-0.3, -0.25) is 10.1 Å². The lowest BCUT2D eigenvalue weighted by Gasteiger charge is -2.15. The Balaban J connectivity index is 1.41. The second kappa shape index (κ2) is 12.4. The predicted molar refractivity (Wildman–Crippen MR) is 149 cm³/mol. The minimum Gasteiger partial charge on any atom is -0.497 e. The highest BCUT2D eigenvalue weighted by Gasteiger charge is 2.31. The van der Waals surface area contributed by atoms with Crippen molar-refractivity contribution in [2.24, 2.45) is 0 Å². The van der Waals surface area contributed by atoms with Crippen LogP contribution in [0.5, 0.6) is 5.75 Å². The lowest BCUT2D eigenvalue weighted by molar-refractivity contribution is -0.367. The first-order valence-corrected chi connectivity index (χ1v) is 12.4. The predicted octanol–water partition coefficient (Wildman–Crippen LogP) is 5.76.